The molecule has 1 heterocycles. The lowest BCUT2D eigenvalue weighted by Crippen LogP contribution is -2.54. The molecular formula is C15H23ClN2. The monoisotopic (exact) mass is 266 g/mol. The van der Waals surface area contributed by atoms with Crippen LogP contribution in [0.4, 0.5) is 0 Å². The number of benzene rings is 1. The standard InChI is InChI=1S/C15H23ClN2/c1-18-11-5-4-9-15(18,12-17)10-8-13-6-2-3-7-14(13)16/h2-3,6-7H,4-5,8-12,17H2,1H3. The lowest BCUT2D eigenvalue weighted by Gasteiger charge is -2.45. The maximum absolute atomic E-state index is 6.22. The topological polar surface area (TPSA) is 29.3 Å². The lowest BCUT2D eigenvalue weighted by atomic mass is 9.82. The molecule has 2 nitrogen and oxygen atoms in total. The Balaban J connectivity index is 2.05. The van der Waals surface area contributed by atoms with Crippen LogP contribution in [-0.2, 0) is 6.42 Å². The molecule has 0 spiro atoms. The maximum Gasteiger partial charge on any atom is 0.0437 e. The first-order chi connectivity index (χ1) is 8.68. The highest BCUT2D eigenvalue weighted by Crippen LogP contribution is 2.31. The summed E-state index contributed by atoms with van der Waals surface area (Å²) in [4.78, 5) is 2.45. The second-order valence-corrected chi connectivity index (χ2v) is 5.81. The first-order valence-electron chi connectivity index (χ1n) is 6.83. The third-order valence-electron chi connectivity index (χ3n) is 4.39. The molecule has 0 bridgehead atoms. The third-order valence-corrected chi connectivity index (χ3v) is 4.76. The lowest BCUT2D eigenvalue weighted by molar-refractivity contribution is 0.0722. The van der Waals surface area contributed by atoms with Gasteiger partial charge in [0, 0.05) is 17.1 Å². The van der Waals surface area contributed by atoms with Gasteiger partial charge in [0.15, 0.2) is 0 Å². The van der Waals surface area contributed by atoms with Crippen molar-refractivity contribution in [3.8, 4) is 0 Å². The molecule has 0 radical (unpaired) electrons. The SMILES string of the molecule is CN1CCCCC1(CN)CCc1ccccc1Cl. The largest absolute Gasteiger partial charge is 0.329 e. The number of likely N-dealkylation sites (N-methyl/N-ethyl adjacent to an activating group) is 1. The number of rotatable bonds is 4. The van der Waals surface area contributed by atoms with E-state index in [-0.39, 0.29) is 5.54 Å². The van der Waals surface area contributed by atoms with Crippen molar-refractivity contribution < 1.29 is 0 Å². The number of nitrogens with zero attached hydrogens (tertiary/aromatic N) is 1. The van der Waals surface area contributed by atoms with Gasteiger partial charge < -0.3 is 5.73 Å². The summed E-state index contributed by atoms with van der Waals surface area (Å²) >= 11 is 6.22. The van der Waals surface area contributed by atoms with Crippen molar-refractivity contribution in [2.45, 2.75) is 37.6 Å². The molecule has 1 aromatic carbocycles. The first-order valence-corrected chi connectivity index (χ1v) is 7.20. The highest BCUT2D eigenvalue weighted by Gasteiger charge is 2.34. The van der Waals surface area contributed by atoms with Crippen LogP contribution < -0.4 is 5.73 Å². The Morgan fingerprint density at radius 3 is 2.78 bits per heavy atom. The Morgan fingerprint density at radius 1 is 1.33 bits per heavy atom. The van der Waals surface area contributed by atoms with E-state index in [1.165, 1.54) is 31.4 Å². The molecule has 1 unspecified atom stereocenters. The minimum absolute atomic E-state index is 0.178. The van der Waals surface area contributed by atoms with Gasteiger partial charge in [-0.3, -0.25) is 4.90 Å². The summed E-state index contributed by atoms with van der Waals surface area (Å²) in [7, 11) is 2.21. The van der Waals surface area contributed by atoms with Crippen LogP contribution in [0.15, 0.2) is 24.3 Å². The highest BCUT2D eigenvalue weighted by molar-refractivity contribution is 6.31. The summed E-state index contributed by atoms with van der Waals surface area (Å²) in [5.74, 6) is 0. The molecular weight excluding hydrogens is 244 g/mol. The van der Waals surface area contributed by atoms with Crippen LogP contribution in [0.3, 0.4) is 0 Å². The number of likely N-dealkylation sites (tertiary alicyclic amines) is 1. The summed E-state index contributed by atoms with van der Waals surface area (Å²) in [6.07, 6.45) is 5.92. The highest BCUT2D eigenvalue weighted by atomic mass is 35.5. The molecule has 3 heteroatoms. The summed E-state index contributed by atoms with van der Waals surface area (Å²) in [5, 5.41) is 0.878. The Hall–Kier alpha value is -0.570. The molecule has 0 amide bonds. The van der Waals surface area contributed by atoms with Crippen LogP contribution in [0.2, 0.25) is 5.02 Å². The van der Waals surface area contributed by atoms with Gasteiger partial charge in [-0.25, -0.2) is 0 Å². The van der Waals surface area contributed by atoms with Gasteiger partial charge in [-0.1, -0.05) is 36.2 Å². The smallest absolute Gasteiger partial charge is 0.0437 e. The van der Waals surface area contributed by atoms with Gasteiger partial charge in [0.2, 0.25) is 0 Å². The van der Waals surface area contributed by atoms with E-state index in [0.717, 1.165) is 24.4 Å². The molecule has 0 aliphatic carbocycles. The van der Waals surface area contributed by atoms with Gasteiger partial charge >= 0.3 is 0 Å². The fraction of sp³-hybridized carbons (Fsp3) is 0.600. The molecule has 100 valence electrons. The van der Waals surface area contributed by atoms with Gasteiger partial charge in [-0.15, -0.1) is 0 Å². The van der Waals surface area contributed by atoms with Crippen molar-refractivity contribution in [3.63, 3.8) is 0 Å². The van der Waals surface area contributed by atoms with E-state index in [1.54, 1.807) is 0 Å². The maximum atomic E-state index is 6.22. The van der Waals surface area contributed by atoms with E-state index in [4.69, 9.17) is 17.3 Å². The number of halogens is 1. The Bertz CT molecular complexity index is 394. The molecule has 1 atom stereocenters. The minimum Gasteiger partial charge on any atom is -0.329 e. The van der Waals surface area contributed by atoms with E-state index in [9.17, 15) is 0 Å². The zero-order valence-electron chi connectivity index (χ0n) is 11.2. The molecule has 1 aliphatic heterocycles. The quantitative estimate of drug-likeness (QED) is 0.908. The molecule has 1 aliphatic rings. The van der Waals surface area contributed by atoms with Crippen molar-refractivity contribution in [2.75, 3.05) is 20.1 Å². The normalized spacial score (nSPS) is 25.3. The molecule has 0 saturated carbocycles. The molecule has 1 aromatic rings. The third kappa shape index (κ3) is 2.87. The van der Waals surface area contributed by atoms with Crippen LogP contribution in [-0.4, -0.2) is 30.6 Å². The van der Waals surface area contributed by atoms with Crippen LogP contribution in [0, 0.1) is 0 Å². The van der Waals surface area contributed by atoms with E-state index < -0.39 is 0 Å². The van der Waals surface area contributed by atoms with Crippen LogP contribution in [0.1, 0.15) is 31.2 Å². The summed E-state index contributed by atoms with van der Waals surface area (Å²) in [6, 6.07) is 8.13. The second kappa shape index (κ2) is 6.05. The van der Waals surface area contributed by atoms with Gasteiger partial charge in [0.05, 0.1) is 0 Å². The fourth-order valence-electron chi connectivity index (χ4n) is 2.98. The van der Waals surface area contributed by atoms with Crippen molar-refractivity contribution in [1.82, 2.24) is 4.90 Å². The average Bonchev–Trinajstić information content (AvgIpc) is 2.40. The fourth-order valence-corrected chi connectivity index (χ4v) is 3.21. The second-order valence-electron chi connectivity index (χ2n) is 5.40. The number of hydrogen-bond acceptors (Lipinski definition) is 2. The van der Waals surface area contributed by atoms with E-state index in [2.05, 4.69) is 24.1 Å². The number of aryl methyl sites for hydroxylation is 1. The predicted octanol–water partition coefficient (Wildman–Crippen LogP) is 3.09. The molecule has 0 aromatic heterocycles. The Kier molecular flexibility index (Phi) is 4.66. The van der Waals surface area contributed by atoms with E-state index in [0.29, 0.717) is 0 Å². The molecule has 2 rings (SSSR count). The number of hydrogen-bond donors (Lipinski definition) is 1. The Morgan fingerprint density at radius 2 is 2.11 bits per heavy atom. The number of nitrogens with two attached hydrogens (primary N) is 1. The van der Waals surface area contributed by atoms with Crippen molar-refractivity contribution in [3.05, 3.63) is 34.9 Å². The van der Waals surface area contributed by atoms with Gasteiger partial charge in [0.1, 0.15) is 0 Å². The molecule has 1 fully saturated rings. The van der Waals surface area contributed by atoms with E-state index in [1.807, 2.05) is 12.1 Å². The molecule has 18 heavy (non-hydrogen) atoms. The van der Waals surface area contributed by atoms with Crippen LogP contribution >= 0.6 is 11.6 Å². The van der Waals surface area contributed by atoms with Crippen molar-refractivity contribution in [2.24, 2.45) is 5.73 Å². The first kappa shape index (κ1) is 13.9. The zero-order chi connectivity index (χ0) is 13.0. The van der Waals surface area contributed by atoms with Crippen LogP contribution in [0.25, 0.3) is 0 Å². The van der Waals surface area contributed by atoms with Crippen LogP contribution in [0.5, 0.6) is 0 Å². The predicted molar refractivity (Wildman–Crippen MR) is 78.0 cm³/mol. The van der Waals surface area contributed by atoms with Gasteiger partial charge in [-0.2, -0.15) is 0 Å². The van der Waals surface area contributed by atoms with Gasteiger partial charge in [-0.05, 0) is 50.9 Å². The zero-order valence-corrected chi connectivity index (χ0v) is 11.9. The van der Waals surface area contributed by atoms with Gasteiger partial charge in [0.25, 0.3) is 0 Å². The van der Waals surface area contributed by atoms with Crippen molar-refractivity contribution in [1.29, 1.82) is 0 Å². The molecule has 1 saturated heterocycles. The minimum atomic E-state index is 0.178. The average molecular weight is 267 g/mol. The number of piperidine rings is 1. The summed E-state index contributed by atoms with van der Waals surface area (Å²) in [6.45, 7) is 1.91. The Labute approximate surface area is 115 Å². The summed E-state index contributed by atoms with van der Waals surface area (Å²) < 4.78 is 0. The van der Waals surface area contributed by atoms with Crippen molar-refractivity contribution >= 4 is 11.6 Å². The molecule has 2 N–H and O–H groups in total. The van der Waals surface area contributed by atoms with E-state index >= 15 is 0 Å². The summed E-state index contributed by atoms with van der Waals surface area (Å²) in [5.41, 5.74) is 7.48.